The first-order valence-electron chi connectivity index (χ1n) is 5.01. The molecule has 0 aromatic rings. The van der Waals surface area contributed by atoms with E-state index in [4.69, 9.17) is 16.3 Å². The zero-order valence-corrected chi connectivity index (χ0v) is 8.90. The first-order valence-corrected chi connectivity index (χ1v) is 5.39. The van der Waals surface area contributed by atoms with Gasteiger partial charge in [0, 0.05) is 0 Å². The van der Waals surface area contributed by atoms with E-state index >= 15 is 0 Å². The molecule has 0 unspecified atom stereocenters. The van der Waals surface area contributed by atoms with Crippen LogP contribution in [0.4, 0.5) is 0 Å². The summed E-state index contributed by atoms with van der Waals surface area (Å²) in [7, 11) is 0. The van der Waals surface area contributed by atoms with Gasteiger partial charge in [0.1, 0.15) is 0 Å². The van der Waals surface area contributed by atoms with Crippen molar-refractivity contribution in [3.05, 3.63) is 0 Å². The summed E-state index contributed by atoms with van der Waals surface area (Å²) in [5, 5.41) is 0. The van der Waals surface area contributed by atoms with Gasteiger partial charge >= 0.3 is 5.97 Å². The highest BCUT2D eigenvalue weighted by molar-refractivity contribution is 6.25. The molecule has 0 aromatic carbocycles. The van der Waals surface area contributed by atoms with E-state index in [9.17, 15) is 4.79 Å². The molecule has 0 N–H and O–H groups in total. The van der Waals surface area contributed by atoms with Gasteiger partial charge in [-0.1, -0.05) is 19.3 Å². The number of rotatable bonds is 3. The molecule has 0 heterocycles. The van der Waals surface area contributed by atoms with Crippen LogP contribution < -0.4 is 0 Å². The van der Waals surface area contributed by atoms with E-state index in [2.05, 4.69) is 0 Å². The topological polar surface area (TPSA) is 26.3 Å². The van der Waals surface area contributed by atoms with E-state index in [0.717, 1.165) is 25.7 Å². The van der Waals surface area contributed by atoms with Gasteiger partial charge in [0.15, 0.2) is 0 Å². The Balaban J connectivity index is 2.36. The third-order valence-corrected chi connectivity index (χ3v) is 3.03. The van der Waals surface area contributed by atoms with Crippen molar-refractivity contribution in [3.63, 3.8) is 0 Å². The molecule has 1 aliphatic carbocycles. The van der Waals surface area contributed by atoms with Crippen LogP contribution in [0.15, 0.2) is 0 Å². The molecular formula is C10H17ClO2. The van der Waals surface area contributed by atoms with Crippen LogP contribution in [-0.2, 0) is 9.53 Å². The molecule has 0 radical (unpaired) electrons. The Hall–Kier alpha value is -0.240. The van der Waals surface area contributed by atoms with Crippen LogP contribution in [0, 0.1) is 0 Å². The third-order valence-electron chi connectivity index (χ3n) is 2.52. The lowest BCUT2D eigenvalue weighted by atomic mass is 9.86. The number of alkyl halides is 1. The lowest BCUT2D eigenvalue weighted by Gasteiger charge is -2.29. The number of ether oxygens (including phenoxy) is 1. The average molecular weight is 205 g/mol. The molecule has 0 aromatic heterocycles. The summed E-state index contributed by atoms with van der Waals surface area (Å²) in [6.07, 6.45) is 5.81. The van der Waals surface area contributed by atoms with Crippen LogP contribution in [0.25, 0.3) is 0 Å². The fourth-order valence-corrected chi connectivity index (χ4v) is 2.21. The van der Waals surface area contributed by atoms with Crippen molar-refractivity contribution >= 4 is 17.6 Å². The van der Waals surface area contributed by atoms with Gasteiger partial charge in [-0.3, -0.25) is 4.79 Å². The summed E-state index contributed by atoms with van der Waals surface area (Å²) in [5.74, 6) is -0.153. The molecule has 1 aliphatic rings. The monoisotopic (exact) mass is 204 g/mol. The van der Waals surface area contributed by atoms with Gasteiger partial charge < -0.3 is 4.74 Å². The molecule has 3 heteroatoms. The molecule has 0 atom stereocenters. The molecule has 13 heavy (non-hydrogen) atoms. The van der Waals surface area contributed by atoms with E-state index in [1.54, 1.807) is 0 Å². The molecule has 1 fully saturated rings. The van der Waals surface area contributed by atoms with Gasteiger partial charge in [-0.05, 0) is 19.8 Å². The standard InChI is InChI=1S/C10H17ClO2/c1-2-13-9(12)8-10(11)6-4-3-5-7-10/h2-8H2,1H3. The van der Waals surface area contributed by atoms with Crippen molar-refractivity contribution in [3.8, 4) is 0 Å². The highest BCUT2D eigenvalue weighted by atomic mass is 35.5. The second-order valence-corrected chi connectivity index (χ2v) is 4.50. The molecule has 1 saturated carbocycles. The number of carbonyl (C=O) groups is 1. The molecule has 0 aliphatic heterocycles. The molecule has 0 spiro atoms. The maximum Gasteiger partial charge on any atom is 0.307 e. The molecule has 0 saturated heterocycles. The molecule has 0 bridgehead atoms. The van der Waals surface area contributed by atoms with Gasteiger partial charge in [-0.15, -0.1) is 11.6 Å². The Morgan fingerprint density at radius 1 is 1.38 bits per heavy atom. The quantitative estimate of drug-likeness (QED) is 0.522. The van der Waals surface area contributed by atoms with Crippen LogP contribution in [-0.4, -0.2) is 17.5 Å². The highest BCUT2D eigenvalue weighted by Crippen LogP contribution is 2.37. The zero-order chi connectivity index (χ0) is 9.73. The van der Waals surface area contributed by atoms with Crippen molar-refractivity contribution in [1.29, 1.82) is 0 Å². The summed E-state index contributed by atoms with van der Waals surface area (Å²) < 4.78 is 4.89. The smallest absolute Gasteiger partial charge is 0.307 e. The molecule has 2 nitrogen and oxygen atoms in total. The second kappa shape index (κ2) is 4.85. The molecule has 0 amide bonds. The number of esters is 1. The number of hydrogen-bond donors (Lipinski definition) is 0. The predicted octanol–water partition coefficient (Wildman–Crippen LogP) is 2.88. The minimum atomic E-state index is -0.301. The number of hydrogen-bond acceptors (Lipinski definition) is 2. The van der Waals surface area contributed by atoms with Gasteiger partial charge in [0.05, 0.1) is 17.9 Å². The van der Waals surface area contributed by atoms with Gasteiger partial charge in [0.2, 0.25) is 0 Å². The van der Waals surface area contributed by atoms with Crippen LogP contribution in [0.2, 0.25) is 0 Å². The number of carbonyl (C=O) groups excluding carboxylic acids is 1. The fraction of sp³-hybridized carbons (Fsp3) is 0.900. The Bertz CT molecular complexity index is 174. The molecular weight excluding hydrogens is 188 g/mol. The maximum absolute atomic E-state index is 11.2. The highest BCUT2D eigenvalue weighted by Gasteiger charge is 2.32. The Kier molecular flexibility index (Phi) is 4.04. The Morgan fingerprint density at radius 2 is 2.00 bits per heavy atom. The summed E-state index contributed by atoms with van der Waals surface area (Å²) in [6, 6.07) is 0. The minimum Gasteiger partial charge on any atom is -0.466 e. The van der Waals surface area contributed by atoms with Gasteiger partial charge in [0.25, 0.3) is 0 Å². The summed E-state index contributed by atoms with van der Waals surface area (Å²) in [6.45, 7) is 2.27. The van der Waals surface area contributed by atoms with Crippen molar-refractivity contribution in [2.24, 2.45) is 0 Å². The van der Waals surface area contributed by atoms with Crippen molar-refractivity contribution in [1.82, 2.24) is 0 Å². The lowest BCUT2D eigenvalue weighted by molar-refractivity contribution is -0.144. The van der Waals surface area contributed by atoms with Gasteiger partial charge in [-0.2, -0.15) is 0 Å². The number of halogens is 1. The summed E-state index contributed by atoms with van der Waals surface area (Å²) in [4.78, 5) is 10.9. The fourth-order valence-electron chi connectivity index (χ4n) is 1.83. The average Bonchev–Trinajstić information content (AvgIpc) is 2.04. The minimum absolute atomic E-state index is 0.153. The summed E-state index contributed by atoms with van der Waals surface area (Å²) in [5.41, 5.74) is 0. The largest absolute Gasteiger partial charge is 0.466 e. The SMILES string of the molecule is CCOC(=O)CC1(Cl)CCCCC1. The normalized spacial score (nSPS) is 21.1. The van der Waals surface area contributed by atoms with E-state index in [1.807, 2.05) is 6.92 Å². The van der Waals surface area contributed by atoms with Gasteiger partial charge in [-0.25, -0.2) is 0 Å². The van der Waals surface area contributed by atoms with E-state index in [-0.39, 0.29) is 10.8 Å². The van der Waals surface area contributed by atoms with Crippen LogP contribution in [0.3, 0.4) is 0 Å². The predicted molar refractivity (Wildman–Crippen MR) is 52.9 cm³/mol. The summed E-state index contributed by atoms with van der Waals surface area (Å²) >= 11 is 6.30. The van der Waals surface area contributed by atoms with Crippen molar-refractivity contribution < 1.29 is 9.53 Å². The second-order valence-electron chi connectivity index (χ2n) is 3.69. The Labute approximate surface area is 84.6 Å². The van der Waals surface area contributed by atoms with Crippen LogP contribution >= 0.6 is 11.6 Å². The van der Waals surface area contributed by atoms with Crippen molar-refractivity contribution in [2.45, 2.75) is 50.3 Å². The van der Waals surface area contributed by atoms with Crippen LogP contribution in [0.1, 0.15) is 45.4 Å². The first kappa shape index (κ1) is 10.8. The maximum atomic E-state index is 11.2. The van der Waals surface area contributed by atoms with Crippen LogP contribution in [0.5, 0.6) is 0 Å². The van der Waals surface area contributed by atoms with E-state index < -0.39 is 0 Å². The molecule has 76 valence electrons. The first-order chi connectivity index (χ1) is 6.16. The molecule has 1 rings (SSSR count). The lowest BCUT2D eigenvalue weighted by Crippen LogP contribution is -2.28. The Morgan fingerprint density at radius 3 is 2.54 bits per heavy atom. The zero-order valence-electron chi connectivity index (χ0n) is 8.14. The van der Waals surface area contributed by atoms with Crippen molar-refractivity contribution in [2.75, 3.05) is 6.61 Å². The van der Waals surface area contributed by atoms with E-state index in [1.165, 1.54) is 6.42 Å². The third kappa shape index (κ3) is 3.55. The van der Waals surface area contributed by atoms with E-state index in [0.29, 0.717) is 13.0 Å².